The van der Waals surface area contributed by atoms with Gasteiger partial charge >= 0.3 is 0 Å². The third-order valence-corrected chi connectivity index (χ3v) is 5.50. The molecule has 2 atom stereocenters. The van der Waals surface area contributed by atoms with Gasteiger partial charge in [0.05, 0.1) is 11.8 Å². The molecule has 1 heterocycles. The lowest BCUT2D eigenvalue weighted by molar-refractivity contribution is -0.139. The standard InChI is InChI=1S/C21H29N3O3/c1-14(25)23-9-11-24(12-10-23)20(27)18-13-17(18)19(26)22-16-7-5-15(6-8-16)21(2,3)4/h5-8,17-18H,9-13H2,1-4H3,(H,22,26). The predicted molar refractivity (Wildman–Crippen MR) is 104 cm³/mol. The number of hydrogen-bond donors (Lipinski definition) is 1. The molecule has 1 N–H and O–H groups in total. The van der Waals surface area contributed by atoms with Gasteiger partial charge in [0.2, 0.25) is 17.7 Å². The van der Waals surface area contributed by atoms with Crippen molar-refractivity contribution >= 4 is 23.4 Å². The second-order valence-electron chi connectivity index (χ2n) is 8.60. The molecule has 146 valence electrons. The zero-order valence-corrected chi connectivity index (χ0v) is 16.6. The van der Waals surface area contributed by atoms with Gasteiger partial charge < -0.3 is 15.1 Å². The van der Waals surface area contributed by atoms with Gasteiger partial charge in [-0.15, -0.1) is 0 Å². The highest BCUT2D eigenvalue weighted by molar-refractivity contribution is 5.99. The summed E-state index contributed by atoms with van der Waals surface area (Å²) in [6.45, 7) is 10.3. The topological polar surface area (TPSA) is 69.7 Å². The fourth-order valence-corrected chi connectivity index (χ4v) is 3.52. The molecule has 6 heteroatoms. The molecular weight excluding hydrogens is 342 g/mol. The average Bonchev–Trinajstić information content (AvgIpc) is 3.42. The molecule has 0 spiro atoms. The third kappa shape index (κ3) is 4.49. The summed E-state index contributed by atoms with van der Waals surface area (Å²) >= 11 is 0. The second-order valence-corrected chi connectivity index (χ2v) is 8.60. The fraction of sp³-hybridized carbons (Fsp3) is 0.571. The second kappa shape index (κ2) is 7.33. The van der Waals surface area contributed by atoms with Crippen LogP contribution in [0.2, 0.25) is 0 Å². The highest BCUT2D eigenvalue weighted by Crippen LogP contribution is 2.41. The number of rotatable bonds is 3. The van der Waals surface area contributed by atoms with Gasteiger partial charge in [-0.2, -0.15) is 0 Å². The van der Waals surface area contributed by atoms with Gasteiger partial charge in [-0.25, -0.2) is 0 Å². The number of benzene rings is 1. The molecule has 1 aromatic rings. The van der Waals surface area contributed by atoms with Crippen LogP contribution < -0.4 is 5.32 Å². The van der Waals surface area contributed by atoms with Crippen LogP contribution >= 0.6 is 0 Å². The van der Waals surface area contributed by atoms with Crippen LogP contribution in [-0.4, -0.2) is 53.7 Å². The highest BCUT2D eigenvalue weighted by atomic mass is 16.2. The molecule has 3 rings (SSSR count). The first-order valence-corrected chi connectivity index (χ1v) is 9.62. The van der Waals surface area contributed by atoms with E-state index in [0.29, 0.717) is 32.6 Å². The maximum atomic E-state index is 12.6. The van der Waals surface area contributed by atoms with E-state index in [2.05, 4.69) is 26.1 Å². The van der Waals surface area contributed by atoms with E-state index in [-0.39, 0.29) is 35.0 Å². The number of nitrogens with one attached hydrogen (secondary N) is 1. The zero-order chi connectivity index (χ0) is 19.8. The Hall–Kier alpha value is -2.37. The number of anilines is 1. The number of carbonyl (C=O) groups excluding carboxylic acids is 3. The Kier molecular flexibility index (Phi) is 5.27. The van der Waals surface area contributed by atoms with E-state index in [1.807, 2.05) is 24.3 Å². The molecule has 1 aromatic carbocycles. The van der Waals surface area contributed by atoms with Crippen LogP contribution in [0.15, 0.2) is 24.3 Å². The summed E-state index contributed by atoms with van der Waals surface area (Å²) in [5.74, 6) is -0.461. The van der Waals surface area contributed by atoms with Gasteiger partial charge in [0.25, 0.3) is 0 Å². The normalized spacial score (nSPS) is 22.4. The van der Waals surface area contributed by atoms with Crippen molar-refractivity contribution in [3.63, 3.8) is 0 Å². The summed E-state index contributed by atoms with van der Waals surface area (Å²) in [6, 6.07) is 7.89. The molecule has 2 fully saturated rings. The molecule has 2 unspecified atom stereocenters. The fourth-order valence-electron chi connectivity index (χ4n) is 3.52. The van der Waals surface area contributed by atoms with Crippen LogP contribution in [0.1, 0.15) is 39.7 Å². The van der Waals surface area contributed by atoms with Crippen molar-refractivity contribution in [1.29, 1.82) is 0 Å². The minimum Gasteiger partial charge on any atom is -0.339 e. The Labute approximate surface area is 160 Å². The summed E-state index contributed by atoms with van der Waals surface area (Å²) in [7, 11) is 0. The first-order chi connectivity index (χ1) is 12.7. The maximum Gasteiger partial charge on any atom is 0.228 e. The van der Waals surface area contributed by atoms with Gasteiger partial charge in [-0.1, -0.05) is 32.9 Å². The largest absolute Gasteiger partial charge is 0.339 e. The molecule has 0 radical (unpaired) electrons. The lowest BCUT2D eigenvalue weighted by Gasteiger charge is -2.34. The Morgan fingerprint density at radius 3 is 2.00 bits per heavy atom. The Balaban J connectivity index is 1.50. The first-order valence-electron chi connectivity index (χ1n) is 9.62. The van der Waals surface area contributed by atoms with E-state index in [9.17, 15) is 14.4 Å². The van der Waals surface area contributed by atoms with E-state index >= 15 is 0 Å². The lowest BCUT2D eigenvalue weighted by Crippen LogP contribution is -2.50. The van der Waals surface area contributed by atoms with Crippen LogP contribution in [0, 0.1) is 11.8 Å². The molecular formula is C21H29N3O3. The van der Waals surface area contributed by atoms with E-state index in [1.165, 1.54) is 5.56 Å². The quantitative estimate of drug-likeness (QED) is 0.886. The van der Waals surface area contributed by atoms with Gasteiger partial charge in [0, 0.05) is 38.8 Å². The number of hydrogen-bond acceptors (Lipinski definition) is 3. The zero-order valence-electron chi connectivity index (χ0n) is 16.6. The van der Waals surface area contributed by atoms with Crippen LogP contribution in [0.25, 0.3) is 0 Å². The Bertz CT molecular complexity index is 728. The van der Waals surface area contributed by atoms with Crippen molar-refractivity contribution < 1.29 is 14.4 Å². The number of nitrogens with zero attached hydrogens (tertiary/aromatic N) is 2. The van der Waals surface area contributed by atoms with Gasteiger partial charge in [0.1, 0.15) is 0 Å². The molecule has 3 amide bonds. The van der Waals surface area contributed by atoms with Gasteiger partial charge in [0.15, 0.2) is 0 Å². The summed E-state index contributed by atoms with van der Waals surface area (Å²) in [6.07, 6.45) is 0.609. The molecule has 1 saturated heterocycles. The van der Waals surface area contributed by atoms with Crippen molar-refractivity contribution in [2.24, 2.45) is 11.8 Å². The van der Waals surface area contributed by atoms with Crippen molar-refractivity contribution in [3.05, 3.63) is 29.8 Å². The third-order valence-electron chi connectivity index (χ3n) is 5.50. The van der Waals surface area contributed by atoms with Crippen LogP contribution in [0.3, 0.4) is 0 Å². The van der Waals surface area contributed by atoms with Crippen LogP contribution in [-0.2, 0) is 19.8 Å². The smallest absolute Gasteiger partial charge is 0.228 e. The Morgan fingerprint density at radius 2 is 1.48 bits per heavy atom. The van der Waals surface area contributed by atoms with Crippen molar-refractivity contribution in [1.82, 2.24) is 9.80 Å². The van der Waals surface area contributed by atoms with Gasteiger partial charge in [-0.3, -0.25) is 14.4 Å². The van der Waals surface area contributed by atoms with E-state index < -0.39 is 0 Å². The van der Waals surface area contributed by atoms with Crippen LogP contribution in [0.5, 0.6) is 0 Å². The number of amides is 3. The molecule has 1 aliphatic heterocycles. The SMILES string of the molecule is CC(=O)N1CCN(C(=O)C2CC2C(=O)Nc2ccc(C(C)(C)C)cc2)CC1. The predicted octanol–water partition coefficient (Wildman–Crippen LogP) is 2.25. The molecule has 0 aromatic heterocycles. The van der Waals surface area contributed by atoms with Crippen molar-refractivity contribution in [2.45, 2.75) is 39.5 Å². The summed E-state index contributed by atoms with van der Waals surface area (Å²) in [5, 5.41) is 2.93. The molecule has 1 saturated carbocycles. The van der Waals surface area contributed by atoms with Crippen molar-refractivity contribution in [2.75, 3.05) is 31.5 Å². The van der Waals surface area contributed by atoms with E-state index in [4.69, 9.17) is 0 Å². The lowest BCUT2D eigenvalue weighted by atomic mass is 9.87. The summed E-state index contributed by atoms with van der Waals surface area (Å²) < 4.78 is 0. The monoisotopic (exact) mass is 371 g/mol. The number of piperazine rings is 1. The molecule has 2 aliphatic rings. The molecule has 0 bridgehead atoms. The molecule has 1 aliphatic carbocycles. The first kappa shape index (κ1) is 19.4. The minimum absolute atomic E-state index is 0.0430. The van der Waals surface area contributed by atoms with E-state index in [0.717, 1.165) is 5.69 Å². The Morgan fingerprint density at radius 1 is 0.926 bits per heavy atom. The highest BCUT2D eigenvalue weighted by Gasteiger charge is 2.49. The summed E-state index contributed by atoms with van der Waals surface area (Å²) in [5.41, 5.74) is 2.05. The van der Waals surface area contributed by atoms with Gasteiger partial charge in [-0.05, 0) is 29.5 Å². The average molecular weight is 371 g/mol. The molecule has 27 heavy (non-hydrogen) atoms. The van der Waals surface area contributed by atoms with Crippen molar-refractivity contribution in [3.8, 4) is 0 Å². The molecule has 6 nitrogen and oxygen atoms in total. The summed E-state index contributed by atoms with van der Waals surface area (Å²) in [4.78, 5) is 40.0. The minimum atomic E-state index is -0.245. The maximum absolute atomic E-state index is 12.6. The van der Waals surface area contributed by atoms with Crippen LogP contribution in [0.4, 0.5) is 5.69 Å². The van der Waals surface area contributed by atoms with E-state index in [1.54, 1.807) is 16.7 Å². The number of carbonyl (C=O) groups is 3.